The number of nitrogens with zero attached hydrogens (tertiary/aromatic N) is 2. The van der Waals surface area contributed by atoms with Crippen LogP contribution >= 0.6 is 11.3 Å². The van der Waals surface area contributed by atoms with Crippen molar-refractivity contribution in [3.63, 3.8) is 0 Å². The van der Waals surface area contributed by atoms with Gasteiger partial charge in [-0.15, -0.1) is 11.3 Å². The Morgan fingerprint density at radius 3 is 2.44 bits per heavy atom. The number of rotatable bonds is 5. The van der Waals surface area contributed by atoms with Crippen LogP contribution in [-0.4, -0.2) is 29.5 Å². The summed E-state index contributed by atoms with van der Waals surface area (Å²) in [5.41, 5.74) is 9.73. The average molecular weight is 350 g/mol. The molecule has 0 unspecified atom stereocenters. The van der Waals surface area contributed by atoms with Gasteiger partial charge in [0.1, 0.15) is 5.01 Å². The van der Waals surface area contributed by atoms with Gasteiger partial charge in [-0.25, -0.2) is 4.98 Å². The van der Waals surface area contributed by atoms with Gasteiger partial charge in [-0.3, -0.25) is 4.90 Å². The maximum absolute atomic E-state index is 6.06. The van der Waals surface area contributed by atoms with Crippen LogP contribution < -0.4 is 5.73 Å². The van der Waals surface area contributed by atoms with Crippen molar-refractivity contribution >= 4 is 11.3 Å². The Morgan fingerprint density at radius 1 is 1.00 bits per heavy atom. The van der Waals surface area contributed by atoms with Gasteiger partial charge >= 0.3 is 0 Å². The zero-order chi connectivity index (χ0) is 17.1. The second kappa shape index (κ2) is 7.48. The summed E-state index contributed by atoms with van der Waals surface area (Å²) in [4.78, 5) is 7.34. The van der Waals surface area contributed by atoms with E-state index >= 15 is 0 Å². The first-order valence-electron chi connectivity index (χ1n) is 8.80. The Morgan fingerprint density at radius 2 is 1.72 bits per heavy atom. The first-order chi connectivity index (χ1) is 12.3. The number of aromatic nitrogens is 1. The van der Waals surface area contributed by atoms with Crippen molar-refractivity contribution in [3.8, 4) is 11.3 Å². The maximum Gasteiger partial charge on any atom is 0.107 e. The smallest absolute Gasteiger partial charge is 0.107 e. The quantitative estimate of drug-likeness (QED) is 0.757. The van der Waals surface area contributed by atoms with Gasteiger partial charge in [0.2, 0.25) is 0 Å². The Kier molecular flexibility index (Phi) is 4.92. The van der Waals surface area contributed by atoms with Crippen molar-refractivity contribution in [3.05, 3.63) is 76.6 Å². The standard InChI is InChI=1S/C21H23N3S/c22-11-18-12-24(13-19(18)16-7-3-1-4-8-16)14-21-23-20(15-25-21)17-9-5-2-6-10-17/h1-10,15,18-19H,11-14,22H2/t18-,19+/m1/s1. The average Bonchev–Trinajstić information content (AvgIpc) is 3.30. The van der Waals surface area contributed by atoms with E-state index in [1.54, 1.807) is 11.3 Å². The molecule has 1 saturated heterocycles. The predicted octanol–water partition coefficient (Wildman–Crippen LogP) is 3.98. The van der Waals surface area contributed by atoms with Gasteiger partial charge in [-0.05, 0) is 18.0 Å². The minimum Gasteiger partial charge on any atom is -0.330 e. The largest absolute Gasteiger partial charge is 0.330 e. The lowest BCUT2D eigenvalue weighted by molar-refractivity contribution is 0.316. The molecule has 1 aliphatic heterocycles. The lowest BCUT2D eigenvalue weighted by Gasteiger charge is -2.16. The second-order valence-corrected chi connectivity index (χ2v) is 7.64. The summed E-state index contributed by atoms with van der Waals surface area (Å²) >= 11 is 1.75. The van der Waals surface area contributed by atoms with Crippen molar-refractivity contribution in [1.82, 2.24) is 9.88 Å². The molecule has 128 valence electrons. The third-order valence-corrected chi connectivity index (χ3v) is 5.86. The molecule has 2 atom stereocenters. The molecule has 2 N–H and O–H groups in total. The summed E-state index contributed by atoms with van der Waals surface area (Å²) < 4.78 is 0. The van der Waals surface area contributed by atoms with Crippen LogP contribution in [0.15, 0.2) is 66.0 Å². The molecule has 0 saturated carbocycles. The molecule has 1 aliphatic rings. The zero-order valence-electron chi connectivity index (χ0n) is 14.2. The van der Waals surface area contributed by atoms with Crippen molar-refractivity contribution in [2.45, 2.75) is 12.5 Å². The molecule has 2 heterocycles. The molecule has 0 amide bonds. The van der Waals surface area contributed by atoms with Gasteiger partial charge < -0.3 is 5.73 Å². The van der Waals surface area contributed by atoms with E-state index in [1.807, 2.05) is 6.07 Å². The van der Waals surface area contributed by atoms with E-state index in [4.69, 9.17) is 10.7 Å². The second-order valence-electron chi connectivity index (χ2n) is 6.70. The van der Waals surface area contributed by atoms with E-state index in [2.05, 4.69) is 64.9 Å². The molecule has 4 rings (SSSR count). The van der Waals surface area contributed by atoms with E-state index in [0.717, 1.165) is 31.9 Å². The highest BCUT2D eigenvalue weighted by molar-refractivity contribution is 7.09. The molecule has 0 bridgehead atoms. The Hall–Kier alpha value is -2.01. The van der Waals surface area contributed by atoms with Gasteiger partial charge in [-0.1, -0.05) is 60.7 Å². The molecule has 25 heavy (non-hydrogen) atoms. The molecule has 3 aromatic rings. The molecular weight excluding hydrogens is 326 g/mol. The number of hydrogen-bond acceptors (Lipinski definition) is 4. The van der Waals surface area contributed by atoms with Gasteiger partial charge in [-0.2, -0.15) is 0 Å². The highest BCUT2D eigenvalue weighted by atomic mass is 32.1. The fourth-order valence-electron chi connectivity index (χ4n) is 3.72. The Balaban J connectivity index is 1.46. The molecule has 4 heteroatoms. The predicted molar refractivity (Wildman–Crippen MR) is 105 cm³/mol. The normalized spacial score (nSPS) is 20.8. The monoisotopic (exact) mass is 349 g/mol. The summed E-state index contributed by atoms with van der Waals surface area (Å²) in [7, 11) is 0. The minimum atomic E-state index is 0.524. The third kappa shape index (κ3) is 3.66. The molecule has 1 aromatic heterocycles. The fraction of sp³-hybridized carbons (Fsp3) is 0.286. The number of hydrogen-bond donors (Lipinski definition) is 1. The van der Waals surface area contributed by atoms with E-state index in [0.29, 0.717) is 11.8 Å². The van der Waals surface area contributed by atoms with Crippen LogP contribution in [0, 0.1) is 5.92 Å². The lowest BCUT2D eigenvalue weighted by atomic mass is 9.89. The molecule has 0 aliphatic carbocycles. The van der Waals surface area contributed by atoms with Gasteiger partial charge in [0.05, 0.1) is 12.2 Å². The highest BCUT2D eigenvalue weighted by Crippen LogP contribution is 2.33. The zero-order valence-corrected chi connectivity index (χ0v) is 15.0. The van der Waals surface area contributed by atoms with Crippen molar-refractivity contribution in [1.29, 1.82) is 0 Å². The fourth-order valence-corrected chi connectivity index (χ4v) is 4.57. The Bertz CT molecular complexity index is 800. The summed E-state index contributed by atoms with van der Waals surface area (Å²) in [5, 5.41) is 3.35. The first kappa shape index (κ1) is 16.5. The van der Waals surface area contributed by atoms with Crippen molar-refractivity contribution < 1.29 is 0 Å². The van der Waals surface area contributed by atoms with E-state index in [1.165, 1.54) is 16.1 Å². The number of likely N-dealkylation sites (tertiary alicyclic amines) is 1. The Labute approximate surface area is 153 Å². The lowest BCUT2D eigenvalue weighted by Crippen LogP contribution is -2.23. The van der Waals surface area contributed by atoms with Crippen LogP contribution in [-0.2, 0) is 6.54 Å². The van der Waals surface area contributed by atoms with Crippen LogP contribution in [0.3, 0.4) is 0 Å². The SMILES string of the molecule is NC[C@@H]1CN(Cc2nc(-c3ccccc3)cs2)C[C@H]1c1ccccc1. The van der Waals surface area contributed by atoms with Gasteiger partial charge in [0.15, 0.2) is 0 Å². The van der Waals surface area contributed by atoms with Crippen LogP contribution in [0.2, 0.25) is 0 Å². The first-order valence-corrected chi connectivity index (χ1v) is 9.68. The summed E-state index contributed by atoms with van der Waals surface area (Å²) in [6, 6.07) is 21.2. The minimum absolute atomic E-state index is 0.524. The van der Waals surface area contributed by atoms with Crippen LogP contribution in [0.4, 0.5) is 0 Å². The van der Waals surface area contributed by atoms with E-state index < -0.39 is 0 Å². The van der Waals surface area contributed by atoms with Crippen molar-refractivity contribution in [2.24, 2.45) is 11.7 Å². The molecule has 0 radical (unpaired) electrons. The molecular formula is C21H23N3S. The summed E-state index contributed by atoms with van der Waals surface area (Å²) in [5.74, 6) is 1.05. The summed E-state index contributed by atoms with van der Waals surface area (Å²) in [6.45, 7) is 3.77. The van der Waals surface area contributed by atoms with Crippen LogP contribution in [0.25, 0.3) is 11.3 Å². The highest BCUT2D eigenvalue weighted by Gasteiger charge is 2.33. The van der Waals surface area contributed by atoms with Crippen molar-refractivity contribution in [2.75, 3.05) is 19.6 Å². The van der Waals surface area contributed by atoms with Crippen LogP contribution in [0.5, 0.6) is 0 Å². The topological polar surface area (TPSA) is 42.1 Å². The van der Waals surface area contributed by atoms with E-state index in [9.17, 15) is 0 Å². The number of nitrogens with two attached hydrogens (primary N) is 1. The number of benzene rings is 2. The van der Waals surface area contributed by atoms with E-state index in [-0.39, 0.29) is 0 Å². The number of thiazole rings is 1. The molecule has 2 aromatic carbocycles. The maximum atomic E-state index is 6.06. The van der Waals surface area contributed by atoms with Gasteiger partial charge in [0, 0.05) is 30.0 Å². The molecule has 0 spiro atoms. The molecule has 3 nitrogen and oxygen atoms in total. The van der Waals surface area contributed by atoms with Gasteiger partial charge in [0.25, 0.3) is 0 Å². The van der Waals surface area contributed by atoms with Crippen LogP contribution in [0.1, 0.15) is 16.5 Å². The summed E-state index contributed by atoms with van der Waals surface area (Å²) in [6.07, 6.45) is 0. The third-order valence-electron chi connectivity index (χ3n) is 5.03. The molecule has 1 fully saturated rings.